The van der Waals surface area contributed by atoms with E-state index in [0.717, 1.165) is 40.6 Å². The molecule has 0 spiro atoms. The number of hydrogen-bond acceptors (Lipinski definition) is 4. The van der Waals surface area contributed by atoms with Gasteiger partial charge >= 0.3 is 0 Å². The molecule has 199 valence electrons. The largest absolute Gasteiger partial charge is 0.512 e. The summed E-state index contributed by atoms with van der Waals surface area (Å²) < 4.78 is 5.50. The van der Waals surface area contributed by atoms with Crippen LogP contribution in [0.4, 0.5) is 0 Å². The second-order valence-electron chi connectivity index (χ2n) is 11.7. The van der Waals surface area contributed by atoms with E-state index in [9.17, 15) is 9.90 Å². The minimum Gasteiger partial charge on any atom is -0.512 e. The summed E-state index contributed by atoms with van der Waals surface area (Å²) in [7, 11) is 0. The first kappa shape index (κ1) is 31.8. The Morgan fingerprint density at radius 1 is 1.03 bits per heavy atom. The van der Waals surface area contributed by atoms with Crippen molar-refractivity contribution >= 4 is 16.8 Å². The van der Waals surface area contributed by atoms with Crippen molar-refractivity contribution in [2.45, 2.75) is 87.5 Å². The third kappa shape index (κ3) is 8.14. The van der Waals surface area contributed by atoms with Crippen molar-refractivity contribution in [3.05, 3.63) is 65.8 Å². The van der Waals surface area contributed by atoms with Gasteiger partial charge in [-0.25, -0.2) is 0 Å². The molecule has 0 aliphatic carbocycles. The van der Waals surface area contributed by atoms with Crippen molar-refractivity contribution in [3.8, 4) is 11.3 Å². The maximum Gasteiger partial charge on any atom is 0.164 e. The Labute approximate surface area is 231 Å². The summed E-state index contributed by atoms with van der Waals surface area (Å²) >= 11 is 0. The van der Waals surface area contributed by atoms with Crippen molar-refractivity contribution in [2.75, 3.05) is 0 Å². The van der Waals surface area contributed by atoms with Gasteiger partial charge < -0.3 is 14.5 Å². The Hall–Kier alpha value is -2.23. The van der Waals surface area contributed by atoms with Crippen LogP contribution in [0.1, 0.15) is 86.3 Å². The minimum atomic E-state index is -0.417. The van der Waals surface area contributed by atoms with Gasteiger partial charge in [0.1, 0.15) is 11.3 Å². The number of aryl methyl sites for hydroxylation is 1. The Morgan fingerprint density at radius 2 is 1.64 bits per heavy atom. The summed E-state index contributed by atoms with van der Waals surface area (Å²) in [5.41, 5.74) is 4.79. The minimum absolute atomic E-state index is 0. The van der Waals surface area contributed by atoms with Gasteiger partial charge in [-0.15, -0.1) is 34.9 Å². The molecule has 5 heteroatoms. The predicted molar refractivity (Wildman–Crippen MR) is 146 cm³/mol. The fourth-order valence-corrected chi connectivity index (χ4v) is 3.42. The number of carbonyl (C=O) groups excluding carboxylic acids is 1. The number of rotatable bonds is 5. The average molecular weight is 669 g/mol. The topological polar surface area (TPSA) is 63.3 Å². The third-order valence-electron chi connectivity index (χ3n) is 6.65. The molecule has 0 unspecified atom stereocenters. The Balaban J connectivity index is 0.000000402. The summed E-state index contributed by atoms with van der Waals surface area (Å²) in [6.45, 7) is 20.0. The molecule has 3 aromatic rings. The number of nitrogens with zero attached hydrogens (tertiary/aromatic N) is 1. The molecule has 2 heterocycles. The van der Waals surface area contributed by atoms with Crippen LogP contribution in [0, 0.1) is 23.8 Å². The van der Waals surface area contributed by atoms with E-state index >= 15 is 0 Å². The van der Waals surface area contributed by atoms with Gasteiger partial charge in [0.05, 0.1) is 6.26 Å². The molecule has 2 aromatic heterocycles. The Kier molecular flexibility index (Phi) is 10.9. The number of allylic oxidation sites excluding steroid dienone is 2. The van der Waals surface area contributed by atoms with Crippen LogP contribution in [0.5, 0.6) is 0 Å². The summed E-state index contributed by atoms with van der Waals surface area (Å²) in [5.74, 6) is 0.104. The summed E-state index contributed by atoms with van der Waals surface area (Å²) in [6, 6.07) is 11.9. The van der Waals surface area contributed by atoms with Gasteiger partial charge in [0, 0.05) is 48.6 Å². The molecule has 36 heavy (non-hydrogen) atoms. The Morgan fingerprint density at radius 3 is 2.17 bits per heavy atom. The first-order chi connectivity index (χ1) is 16.1. The fourth-order valence-electron chi connectivity index (χ4n) is 3.42. The molecular formula is C31H42IrNO3-. The van der Waals surface area contributed by atoms with Gasteiger partial charge in [-0.05, 0) is 36.1 Å². The molecule has 0 saturated heterocycles. The number of carbonyl (C=O) groups is 1. The second kappa shape index (κ2) is 12.3. The maximum absolute atomic E-state index is 11.5. The first-order valence-corrected chi connectivity index (χ1v) is 12.4. The van der Waals surface area contributed by atoms with Gasteiger partial charge in [-0.1, -0.05) is 69.2 Å². The van der Waals surface area contributed by atoms with E-state index in [2.05, 4.69) is 50.9 Å². The van der Waals surface area contributed by atoms with Crippen LogP contribution in [0.3, 0.4) is 0 Å². The number of pyridine rings is 1. The molecule has 1 aromatic carbocycles. The van der Waals surface area contributed by atoms with Crippen LogP contribution in [-0.4, -0.2) is 15.9 Å². The molecule has 4 nitrogen and oxygen atoms in total. The molecule has 0 amide bonds. The summed E-state index contributed by atoms with van der Waals surface area (Å²) in [5, 5.41) is 10.6. The monoisotopic (exact) mass is 669 g/mol. The van der Waals surface area contributed by atoms with Gasteiger partial charge in [0.25, 0.3) is 0 Å². The van der Waals surface area contributed by atoms with Crippen LogP contribution in [0.15, 0.2) is 53.0 Å². The van der Waals surface area contributed by atoms with Gasteiger partial charge in [-0.3, -0.25) is 4.79 Å². The quantitative estimate of drug-likeness (QED) is 0.168. The summed E-state index contributed by atoms with van der Waals surface area (Å²) in [4.78, 5) is 16.1. The smallest absolute Gasteiger partial charge is 0.164 e. The van der Waals surface area contributed by atoms with Crippen LogP contribution >= 0.6 is 0 Å². The number of aliphatic hydroxyl groups excluding tert-OH is 1. The van der Waals surface area contributed by atoms with E-state index in [4.69, 9.17) is 4.42 Å². The zero-order valence-corrected chi connectivity index (χ0v) is 25.9. The molecule has 1 N–H and O–H groups in total. The molecular weight excluding hydrogens is 627 g/mol. The third-order valence-corrected chi connectivity index (χ3v) is 6.65. The van der Waals surface area contributed by atoms with Gasteiger partial charge in [-0.2, -0.15) is 0 Å². The van der Waals surface area contributed by atoms with E-state index in [-0.39, 0.29) is 42.5 Å². The normalized spacial score (nSPS) is 12.6. The van der Waals surface area contributed by atoms with E-state index in [1.54, 1.807) is 6.26 Å². The number of aliphatic hydroxyl groups is 1. The molecule has 0 fully saturated rings. The number of furan rings is 1. The number of fused-ring (bicyclic) bond motifs is 1. The fraction of sp³-hybridized carbons (Fsp3) is 0.484. The first-order valence-electron chi connectivity index (χ1n) is 12.4. The Bertz CT molecular complexity index is 1190. The number of benzene rings is 1. The van der Waals surface area contributed by atoms with E-state index in [1.807, 2.05) is 59.9 Å². The zero-order valence-electron chi connectivity index (χ0n) is 23.5. The molecule has 1 radical (unpaired) electrons. The summed E-state index contributed by atoms with van der Waals surface area (Å²) in [6.07, 6.45) is 7.14. The number of aromatic nitrogens is 1. The van der Waals surface area contributed by atoms with E-state index in [1.165, 1.54) is 11.6 Å². The van der Waals surface area contributed by atoms with Crippen molar-refractivity contribution in [1.29, 1.82) is 0 Å². The molecule has 3 rings (SSSR count). The van der Waals surface area contributed by atoms with Crippen LogP contribution in [-0.2, 0) is 30.3 Å². The van der Waals surface area contributed by atoms with Crippen LogP contribution in [0.2, 0.25) is 0 Å². The van der Waals surface area contributed by atoms with Crippen LogP contribution < -0.4 is 0 Å². The van der Waals surface area contributed by atoms with E-state index in [0.29, 0.717) is 0 Å². The average Bonchev–Trinajstić information content (AvgIpc) is 3.25. The van der Waals surface area contributed by atoms with Crippen molar-refractivity contribution in [3.63, 3.8) is 0 Å². The standard InChI is InChI=1S/C20H22NO.C11H20O2.Ir/c1-5-20(4,6-2)17-10-14(3)9-16(11-17)18-12-19-15(13-21-18)7-8-22-19;1-10(2,3)8(12)7-9(13)11(4,5)6;/h7-8,10-13H,5-6H2,1-4H3;7,12H,1-6H3;/q-1;;/b;8-7-;. The molecule has 0 saturated carbocycles. The molecule has 0 atom stereocenters. The maximum atomic E-state index is 11.5. The van der Waals surface area contributed by atoms with Crippen molar-refractivity contribution < 1.29 is 34.4 Å². The zero-order chi connectivity index (χ0) is 26.6. The second-order valence-corrected chi connectivity index (χ2v) is 11.7. The van der Waals surface area contributed by atoms with E-state index < -0.39 is 5.41 Å². The van der Waals surface area contributed by atoms with Crippen LogP contribution in [0.25, 0.3) is 22.2 Å². The predicted octanol–water partition coefficient (Wildman–Crippen LogP) is 8.77. The molecule has 0 aliphatic heterocycles. The van der Waals surface area contributed by atoms with Crippen molar-refractivity contribution in [1.82, 2.24) is 4.98 Å². The van der Waals surface area contributed by atoms with Crippen molar-refractivity contribution in [2.24, 2.45) is 10.8 Å². The molecule has 0 bridgehead atoms. The molecule has 0 aliphatic rings. The number of ketones is 1. The van der Waals surface area contributed by atoms with Gasteiger partial charge in [0.15, 0.2) is 5.78 Å². The van der Waals surface area contributed by atoms with Gasteiger partial charge in [0.2, 0.25) is 0 Å². The number of hydrogen-bond donors (Lipinski definition) is 1. The SMILES string of the molecule is CC(C)(C)C(=O)/C=C(\O)C(C)(C)C.CCC(C)(CC)c1cc(C)[c-]c(-c2cc3occc3cn2)c1.[Ir].